The van der Waals surface area contributed by atoms with E-state index in [9.17, 15) is 0 Å². The van der Waals surface area contributed by atoms with E-state index < -0.39 is 0 Å². The number of halogens is 3. The molecule has 0 aliphatic carbocycles. The summed E-state index contributed by atoms with van der Waals surface area (Å²) in [6.07, 6.45) is 0. The number of rotatable bonds is 3. The van der Waals surface area contributed by atoms with Crippen LogP contribution in [-0.4, -0.2) is 39.3 Å². The molecule has 0 saturated heterocycles. The zero-order valence-corrected chi connectivity index (χ0v) is 12.3. The Morgan fingerprint density at radius 1 is 0.375 bits per heavy atom. The Bertz CT molecular complexity index is 43.7. The van der Waals surface area contributed by atoms with E-state index in [-0.39, 0.29) is 93.9 Å². The summed E-state index contributed by atoms with van der Waals surface area (Å²) in [5, 5.41) is 0. The summed E-state index contributed by atoms with van der Waals surface area (Å²) in [5.41, 5.74) is 37.6. The van der Waals surface area contributed by atoms with Gasteiger partial charge in [0.25, 0.3) is 0 Å². The standard InChI is InChI=1S/3C2H6N2.3ClH.Cr/c3*3-1-2-4;;;;/h3*3-4H,1-2H2;3*1H;/q3*-2;;;;+3/p-3. The normalized spacial score (nSPS) is 5.62. The van der Waals surface area contributed by atoms with Gasteiger partial charge in [-0.1, -0.05) is 0 Å². The quantitative estimate of drug-likeness (QED) is 0.485. The maximum Gasteiger partial charge on any atom is 3.00 e. The molecule has 16 heavy (non-hydrogen) atoms. The first-order chi connectivity index (χ1) is 5.74. The molecule has 6 N–H and O–H groups in total. The molecule has 0 aromatic rings. The maximum atomic E-state index is 6.26. The molecule has 105 valence electrons. The van der Waals surface area contributed by atoms with Crippen LogP contribution in [0.2, 0.25) is 0 Å². The van der Waals surface area contributed by atoms with Crippen LogP contribution in [0.15, 0.2) is 0 Å². The van der Waals surface area contributed by atoms with E-state index in [1.165, 1.54) is 0 Å². The molecule has 0 saturated carbocycles. The fourth-order valence-corrected chi connectivity index (χ4v) is 0. The molecule has 0 spiro atoms. The van der Waals surface area contributed by atoms with Crippen LogP contribution >= 0.6 is 0 Å². The summed E-state index contributed by atoms with van der Waals surface area (Å²) in [4.78, 5) is 0. The van der Waals surface area contributed by atoms with Crippen molar-refractivity contribution in [3.8, 4) is 0 Å². The second-order valence-electron chi connectivity index (χ2n) is 1.50. The third kappa shape index (κ3) is 176. The Labute approximate surface area is 128 Å². The smallest absolute Gasteiger partial charge is 1.00 e. The summed E-state index contributed by atoms with van der Waals surface area (Å²) in [6.45, 7) is 1.42. The second kappa shape index (κ2) is 72.4. The molecule has 0 bridgehead atoms. The van der Waals surface area contributed by atoms with Crippen molar-refractivity contribution < 1.29 is 54.6 Å². The van der Waals surface area contributed by atoms with Gasteiger partial charge < -0.3 is 71.6 Å². The maximum absolute atomic E-state index is 6.26. The molecule has 0 amide bonds. The SMILES string of the molecule is [Cl-].[Cl-].[Cl-].[Cr+3].[NH-]CC[NH-].[NH-]CC[NH-].[NH-]CC[NH-]. The Morgan fingerprint density at radius 3 is 0.438 bits per heavy atom. The van der Waals surface area contributed by atoms with Gasteiger partial charge in [-0.3, -0.25) is 0 Å². The first-order valence-corrected chi connectivity index (χ1v) is 3.62. The Morgan fingerprint density at radius 2 is 0.438 bits per heavy atom. The van der Waals surface area contributed by atoms with E-state index in [0.29, 0.717) is 0 Å². The topological polar surface area (TPSA) is 143 Å². The molecule has 0 rings (SSSR count). The van der Waals surface area contributed by atoms with Crippen molar-refractivity contribution >= 4 is 0 Å². The molecule has 10 heteroatoms. The summed E-state index contributed by atoms with van der Waals surface area (Å²) < 4.78 is 0. The third-order valence-electron chi connectivity index (χ3n) is 0.375. The van der Waals surface area contributed by atoms with Crippen molar-refractivity contribution in [1.82, 2.24) is 0 Å². The fourth-order valence-electron chi connectivity index (χ4n) is 0. The number of hydrogen-bond acceptors (Lipinski definition) is 0. The predicted octanol–water partition coefficient (Wildman–Crippen LogP) is -5.72. The van der Waals surface area contributed by atoms with Crippen molar-refractivity contribution in [2.24, 2.45) is 0 Å². The average Bonchev–Trinajstić information content (AvgIpc) is 2.18. The first kappa shape index (κ1) is 43.4. The van der Waals surface area contributed by atoms with Crippen molar-refractivity contribution in [3.05, 3.63) is 34.4 Å². The second-order valence-corrected chi connectivity index (χ2v) is 1.50. The van der Waals surface area contributed by atoms with Crippen LogP contribution in [0.4, 0.5) is 0 Å². The molecule has 0 aliphatic heterocycles. The monoisotopic (exact) mass is 331 g/mol. The molecule has 0 fully saturated rings. The van der Waals surface area contributed by atoms with Gasteiger partial charge in [-0.05, 0) is 0 Å². The van der Waals surface area contributed by atoms with E-state index in [0.717, 1.165) is 0 Å². The molecule has 0 aliphatic rings. The molecular weight excluding hydrogens is 314 g/mol. The zero-order chi connectivity index (χ0) is 10.2. The van der Waals surface area contributed by atoms with E-state index in [1.54, 1.807) is 0 Å². The van der Waals surface area contributed by atoms with Crippen LogP contribution in [0.25, 0.3) is 34.4 Å². The van der Waals surface area contributed by atoms with Crippen LogP contribution in [0.5, 0.6) is 0 Å². The minimum atomic E-state index is 0. The molecule has 1 radical (unpaired) electrons. The van der Waals surface area contributed by atoms with Crippen molar-refractivity contribution in [3.63, 3.8) is 0 Å². The van der Waals surface area contributed by atoms with Crippen LogP contribution < -0.4 is 37.2 Å². The summed E-state index contributed by atoms with van der Waals surface area (Å²) in [6, 6.07) is 0. The van der Waals surface area contributed by atoms with Gasteiger partial charge in [0.15, 0.2) is 0 Å². The summed E-state index contributed by atoms with van der Waals surface area (Å²) >= 11 is 0. The van der Waals surface area contributed by atoms with Gasteiger partial charge in [0.2, 0.25) is 0 Å². The third-order valence-corrected chi connectivity index (χ3v) is 0.375. The van der Waals surface area contributed by atoms with Gasteiger partial charge in [0.1, 0.15) is 0 Å². The van der Waals surface area contributed by atoms with E-state index in [1.807, 2.05) is 0 Å². The molecule has 0 unspecified atom stereocenters. The fraction of sp³-hybridized carbons (Fsp3) is 1.00. The van der Waals surface area contributed by atoms with Gasteiger partial charge in [-0.15, -0.1) is 0 Å². The van der Waals surface area contributed by atoms with Gasteiger partial charge in [0.05, 0.1) is 0 Å². The first-order valence-electron chi connectivity index (χ1n) is 3.62. The van der Waals surface area contributed by atoms with Gasteiger partial charge >= 0.3 is 17.4 Å². The minimum Gasteiger partial charge on any atom is -1.00 e. The van der Waals surface area contributed by atoms with Crippen LogP contribution in [0, 0.1) is 0 Å². The van der Waals surface area contributed by atoms with E-state index in [2.05, 4.69) is 0 Å². The van der Waals surface area contributed by atoms with Gasteiger partial charge in [0, 0.05) is 0 Å². The largest absolute Gasteiger partial charge is 3.00 e. The summed E-state index contributed by atoms with van der Waals surface area (Å²) in [5.74, 6) is 0. The number of hydrogen-bond donors (Lipinski definition) is 0. The van der Waals surface area contributed by atoms with Crippen LogP contribution in [0.1, 0.15) is 0 Å². The van der Waals surface area contributed by atoms with Gasteiger partial charge in [-0.2, -0.15) is 39.3 Å². The molecule has 0 atom stereocenters. The van der Waals surface area contributed by atoms with Crippen molar-refractivity contribution in [1.29, 1.82) is 0 Å². The van der Waals surface area contributed by atoms with Gasteiger partial charge in [-0.25, -0.2) is 0 Å². The van der Waals surface area contributed by atoms with Crippen LogP contribution in [0.3, 0.4) is 0 Å². The number of nitrogens with one attached hydrogen (secondary N) is 6. The molecular formula is C6H18Cl3CrN6-6. The van der Waals surface area contributed by atoms with Crippen molar-refractivity contribution in [2.75, 3.05) is 39.3 Å². The predicted molar refractivity (Wildman–Crippen MR) is 55.1 cm³/mol. The molecule has 0 heterocycles. The Balaban J connectivity index is -0.0000000135. The minimum absolute atomic E-state index is 0. The molecule has 6 nitrogen and oxygen atoms in total. The Kier molecular flexibility index (Phi) is 197. The Hall–Kier alpha value is 1.16. The zero-order valence-electron chi connectivity index (χ0n) is 8.78. The summed E-state index contributed by atoms with van der Waals surface area (Å²) in [7, 11) is 0. The average molecular weight is 333 g/mol. The van der Waals surface area contributed by atoms with E-state index in [4.69, 9.17) is 34.4 Å². The van der Waals surface area contributed by atoms with E-state index >= 15 is 0 Å². The molecule has 0 aromatic carbocycles. The van der Waals surface area contributed by atoms with Crippen LogP contribution in [-0.2, 0) is 17.4 Å². The molecule has 0 aromatic heterocycles. The van der Waals surface area contributed by atoms with Crippen molar-refractivity contribution in [2.45, 2.75) is 0 Å².